The molecule has 0 fully saturated rings. The van der Waals surface area contributed by atoms with Gasteiger partial charge in [0.15, 0.2) is 0 Å². The van der Waals surface area contributed by atoms with Crippen LogP contribution in [0.1, 0.15) is 11.1 Å². The van der Waals surface area contributed by atoms with Gasteiger partial charge in [-0.25, -0.2) is 0 Å². The summed E-state index contributed by atoms with van der Waals surface area (Å²) in [5.74, 6) is 1.14. The van der Waals surface area contributed by atoms with Crippen LogP contribution in [0.5, 0.6) is 0 Å². The lowest BCUT2D eigenvalue weighted by atomic mass is 10.2. The maximum Gasteiger partial charge on any atom is 0.0484 e. The molecule has 0 N–H and O–H groups in total. The Kier molecular flexibility index (Phi) is 3.96. The number of benzene rings is 1. The molecular weight excluding hydrogens is 294 g/mol. The minimum atomic E-state index is 0.568. The van der Waals surface area contributed by atoms with E-state index in [4.69, 9.17) is 23.2 Å². The van der Waals surface area contributed by atoms with Crippen molar-refractivity contribution in [3.8, 4) is 0 Å². The van der Waals surface area contributed by atoms with E-state index >= 15 is 0 Å². The van der Waals surface area contributed by atoms with Gasteiger partial charge >= 0.3 is 0 Å². The predicted molar refractivity (Wildman–Crippen MR) is 58.3 cm³/mol. The normalized spacial score (nSPS) is 10.1. The molecular formula is C8H7Cl2I. The molecule has 0 nitrogen and oxygen atoms in total. The van der Waals surface area contributed by atoms with Gasteiger partial charge in [-0.1, -0.05) is 12.1 Å². The van der Waals surface area contributed by atoms with Crippen LogP contribution < -0.4 is 0 Å². The average molecular weight is 301 g/mol. The number of halogens is 3. The van der Waals surface area contributed by atoms with Gasteiger partial charge in [0, 0.05) is 15.3 Å². The summed E-state index contributed by atoms with van der Waals surface area (Å²) in [4.78, 5) is 0. The molecule has 0 unspecified atom stereocenters. The summed E-state index contributed by atoms with van der Waals surface area (Å²) < 4.78 is 1.19. The van der Waals surface area contributed by atoms with Crippen molar-refractivity contribution in [2.45, 2.75) is 11.8 Å². The number of rotatable bonds is 2. The zero-order chi connectivity index (χ0) is 8.27. The van der Waals surface area contributed by atoms with Crippen molar-refractivity contribution in [2.24, 2.45) is 0 Å². The first-order valence-electron chi connectivity index (χ1n) is 3.17. The Bertz CT molecular complexity index is 248. The van der Waals surface area contributed by atoms with Crippen molar-refractivity contribution < 1.29 is 0 Å². The molecule has 0 aliphatic rings. The van der Waals surface area contributed by atoms with E-state index in [9.17, 15) is 0 Å². The molecule has 0 aliphatic carbocycles. The van der Waals surface area contributed by atoms with Gasteiger partial charge < -0.3 is 0 Å². The van der Waals surface area contributed by atoms with Crippen LogP contribution >= 0.6 is 45.8 Å². The van der Waals surface area contributed by atoms with Crippen LogP contribution in [0.2, 0.25) is 0 Å². The van der Waals surface area contributed by atoms with Gasteiger partial charge in [0.2, 0.25) is 0 Å². The van der Waals surface area contributed by atoms with Crippen LogP contribution in [-0.2, 0) is 11.8 Å². The van der Waals surface area contributed by atoms with E-state index in [1.807, 2.05) is 12.1 Å². The monoisotopic (exact) mass is 300 g/mol. The van der Waals surface area contributed by atoms with Crippen molar-refractivity contribution in [3.05, 3.63) is 32.9 Å². The fourth-order valence-electron chi connectivity index (χ4n) is 0.782. The van der Waals surface area contributed by atoms with Crippen LogP contribution in [0, 0.1) is 3.57 Å². The second kappa shape index (κ2) is 4.53. The van der Waals surface area contributed by atoms with Crippen LogP contribution in [0.15, 0.2) is 18.2 Å². The maximum atomic E-state index is 5.69. The van der Waals surface area contributed by atoms with Crippen molar-refractivity contribution in [3.63, 3.8) is 0 Å². The summed E-state index contributed by atoms with van der Waals surface area (Å²) in [7, 11) is 0. The zero-order valence-corrected chi connectivity index (χ0v) is 9.45. The Balaban J connectivity index is 2.99. The molecule has 0 radical (unpaired) electrons. The molecule has 60 valence electrons. The Morgan fingerprint density at radius 3 is 2.36 bits per heavy atom. The fourth-order valence-corrected chi connectivity index (χ4v) is 2.18. The molecule has 1 aromatic carbocycles. The first-order valence-corrected chi connectivity index (χ1v) is 5.32. The van der Waals surface area contributed by atoms with Gasteiger partial charge in [0.05, 0.1) is 0 Å². The second-order valence-electron chi connectivity index (χ2n) is 2.19. The lowest BCUT2D eigenvalue weighted by Gasteiger charge is -2.01. The van der Waals surface area contributed by atoms with Crippen LogP contribution in [-0.4, -0.2) is 0 Å². The maximum absolute atomic E-state index is 5.69. The lowest BCUT2D eigenvalue weighted by Crippen LogP contribution is -1.86. The zero-order valence-electron chi connectivity index (χ0n) is 5.78. The third-order valence-electron chi connectivity index (χ3n) is 1.42. The number of hydrogen-bond acceptors (Lipinski definition) is 0. The van der Waals surface area contributed by atoms with Crippen molar-refractivity contribution in [2.75, 3.05) is 0 Å². The standard InChI is InChI=1S/C8H7Cl2I/c9-4-6-1-2-7(5-10)8(11)3-6/h1-3H,4-5H2. The molecule has 0 spiro atoms. The molecule has 0 atom stereocenters. The minimum absolute atomic E-state index is 0.568. The second-order valence-corrected chi connectivity index (χ2v) is 3.89. The largest absolute Gasteiger partial charge is 0.122 e. The van der Waals surface area contributed by atoms with Gasteiger partial charge in [-0.3, -0.25) is 0 Å². The Labute approximate surface area is 90.0 Å². The molecule has 0 aromatic heterocycles. The quantitative estimate of drug-likeness (QED) is 0.576. The highest BCUT2D eigenvalue weighted by atomic mass is 127. The molecule has 0 saturated heterocycles. The summed E-state index contributed by atoms with van der Waals surface area (Å²) in [6, 6.07) is 6.09. The third-order valence-corrected chi connectivity index (χ3v) is 3.02. The van der Waals surface area contributed by atoms with Crippen LogP contribution in [0.4, 0.5) is 0 Å². The highest BCUT2D eigenvalue weighted by Crippen LogP contribution is 2.17. The van der Waals surface area contributed by atoms with E-state index < -0.39 is 0 Å². The Morgan fingerprint density at radius 1 is 1.18 bits per heavy atom. The van der Waals surface area contributed by atoms with Crippen LogP contribution in [0.25, 0.3) is 0 Å². The van der Waals surface area contributed by atoms with Crippen LogP contribution in [0.3, 0.4) is 0 Å². The molecule has 0 saturated carbocycles. The van der Waals surface area contributed by atoms with E-state index in [-0.39, 0.29) is 0 Å². The van der Waals surface area contributed by atoms with Gasteiger partial charge in [0.1, 0.15) is 0 Å². The fraction of sp³-hybridized carbons (Fsp3) is 0.250. The molecule has 11 heavy (non-hydrogen) atoms. The summed E-state index contributed by atoms with van der Waals surface area (Å²) in [6.45, 7) is 0. The Hall–Kier alpha value is 0.530. The SMILES string of the molecule is ClCc1ccc(CCl)c(I)c1. The smallest absolute Gasteiger partial charge is 0.0484 e. The molecule has 0 amide bonds. The van der Waals surface area contributed by atoms with Gasteiger partial charge in [-0.2, -0.15) is 0 Å². The molecule has 1 aromatic rings. The van der Waals surface area contributed by atoms with E-state index in [2.05, 4.69) is 28.7 Å². The molecule has 0 aliphatic heterocycles. The van der Waals surface area contributed by atoms with E-state index in [0.717, 1.165) is 5.56 Å². The predicted octanol–water partition coefficient (Wildman–Crippen LogP) is 3.77. The number of hydrogen-bond donors (Lipinski definition) is 0. The first kappa shape index (κ1) is 9.62. The molecule has 1 rings (SSSR count). The average Bonchev–Trinajstić information content (AvgIpc) is 2.04. The van der Waals surface area contributed by atoms with E-state index in [1.54, 1.807) is 0 Å². The van der Waals surface area contributed by atoms with Gasteiger partial charge in [-0.05, 0) is 39.8 Å². The Morgan fingerprint density at radius 2 is 1.91 bits per heavy atom. The highest BCUT2D eigenvalue weighted by Gasteiger charge is 1.98. The summed E-state index contributed by atoms with van der Waals surface area (Å²) in [5, 5.41) is 0. The highest BCUT2D eigenvalue weighted by molar-refractivity contribution is 14.1. The van der Waals surface area contributed by atoms with Gasteiger partial charge in [-0.15, -0.1) is 23.2 Å². The van der Waals surface area contributed by atoms with Crippen molar-refractivity contribution >= 4 is 45.8 Å². The molecule has 3 heteroatoms. The minimum Gasteiger partial charge on any atom is -0.122 e. The summed E-state index contributed by atoms with van der Waals surface area (Å²) >= 11 is 13.6. The topological polar surface area (TPSA) is 0 Å². The number of alkyl halides is 2. The van der Waals surface area contributed by atoms with Crippen molar-refractivity contribution in [1.82, 2.24) is 0 Å². The molecule has 0 heterocycles. The summed E-state index contributed by atoms with van der Waals surface area (Å²) in [6.07, 6.45) is 0. The first-order chi connectivity index (χ1) is 5.27. The summed E-state index contributed by atoms with van der Waals surface area (Å²) in [5.41, 5.74) is 2.31. The van der Waals surface area contributed by atoms with Gasteiger partial charge in [0.25, 0.3) is 0 Å². The molecule has 0 bridgehead atoms. The lowest BCUT2D eigenvalue weighted by molar-refractivity contribution is 1.30. The van der Waals surface area contributed by atoms with Crippen molar-refractivity contribution in [1.29, 1.82) is 0 Å². The van der Waals surface area contributed by atoms with E-state index in [0.29, 0.717) is 11.8 Å². The van der Waals surface area contributed by atoms with E-state index in [1.165, 1.54) is 9.13 Å². The third kappa shape index (κ3) is 2.49.